The number of aldehydes is 1. The monoisotopic (exact) mass is 169 g/mol. The summed E-state index contributed by atoms with van der Waals surface area (Å²) in [5, 5.41) is 4.40. The Morgan fingerprint density at radius 3 is 3.08 bits per heavy atom. The predicted molar refractivity (Wildman–Crippen MR) is 45.1 cm³/mol. The summed E-state index contributed by atoms with van der Waals surface area (Å²) in [6, 6.07) is 0. The van der Waals surface area contributed by atoms with Crippen molar-refractivity contribution >= 4 is 6.29 Å². The van der Waals surface area contributed by atoms with Crippen LogP contribution in [0.1, 0.15) is 12.8 Å². The van der Waals surface area contributed by atoms with Gasteiger partial charge in [0.15, 0.2) is 0 Å². The number of hydrogen-bond donors (Lipinski definition) is 1. The van der Waals surface area contributed by atoms with E-state index >= 15 is 0 Å². The van der Waals surface area contributed by atoms with Crippen LogP contribution in [-0.4, -0.2) is 42.6 Å². The number of rotatable bonds is 3. The highest BCUT2D eigenvalue weighted by molar-refractivity contribution is 5.51. The quantitative estimate of drug-likeness (QED) is 0.585. The lowest BCUT2D eigenvalue weighted by molar-refractivity contribution is -0.112. The van der Waals surface area contributed by atoms with Gasteiger partial charge >= 0.3 is 0 Å². The third-order valence-corrected chi connectivity index (χ3v) is 2.71. The van der Waals surface area contributed by atoms with E-state index in [1.54, 1.807) is 0 Å². The molecule has 4 heteroatoms. The molecule has 68 valence electrons. The first-order valence-electron chi connectivity index (χ1n) is 4.59. The molecular formula is C8H15N3O. The van der Waals surface area contributed by atoms with E-state index < -0.39 is 0 Å². The summed E-state index contributed by atoms with van der Waals surface area (Å²) in [7, 11) is 0. The van der Waals surface area contributed by atoms with Crippen LogP contribution in [0.15, 0.2) is 0 Å². The molecule has 0 amide bonds. The van der Waals surface area contributed by atoms with Crippen molar-refractivity contribution in [3.05, 3.63) is 0 Å². The maximum atomic E-state index is 10.1. The molecule has 2 atom stereocenters. The first kappa shape index (κ1) is 8.16. The fraction of sp³-hybridized carbons (Fsp3) is 0.875. The SMILES string of the molecule is O=CCNN1CCC2CCN1C2. The van der Waals surface area contributed by atoms with E-state index in [2.05, 4.69) is 15.6 Å². The lowest BCUT2D eigenvalue weighted by atomic mass is 10.1. The number of carbonyl (C=O) groups is 1. The van der Waals surface area contributed by atoms with Crippen molar-refractivity contribution in [3.8, 4) is 0 Å². The predicted octanol–water partition coefficient (Wildman–Crippen LogP) is -0.367. The largest absolute Gasteiger partial charge is 0.302 e. The highest BCUT2D eigenvalue weighted by atomic mass is 16.1. The average Bonchev–Trinajstić information content (AvgIpc) is 2.48. The first-order chi connectivity index (χ1) is 5.90. The van der Waals surface area contributed by atoms with Crippen molar-refractivity contribution < 1.29 is 4.79 Å². The van der Waals surface area contributed by atoms with Crippen LogP contribution in [0, 0.1) is 5.92 Å². The van der Waals surface area contributed by atoms with E-state index in [0.717, 1.165) is 25.3 Å². The highest BCUT2D eigenvalue weighted by Gasteiger charge is 2.31. The zero-order valence-corrected chi connectivity index (χ0v) is 7.20. The van der Waals surface area contributed by atoms with Gasteiger partial charge in [-0.15, -0.1) is 0 Å². The zero-order valence-electron chi connectivity index (χ0n) is 7.20. The summed E-state index contributed by atoms with van der Waals surface area (Å²) in [6.07, 6.45) is 3.49. The minimum Gasteiger partial charge on any atom is -0.302 e. The third-order valence-electron chi connectivity index (χ3n) is 2.71. The fourth-order valence-electron chi connectivity index (χ4n) is 2.04. The number of hydrogen-bond acceptors (Lipinski definition) is 4. The number of fused-ring (bicyclic) bond motifs is 2. The fourth-order valence-corrected chi connectivity index (χ4v) is 2.04. The standard InChI is InChI=1S/C8H15N3O/c12-6-3-9-11-5-2-8-1-4-10(11)7-8/h6,8-9H,1-5,7H2. The molecule has 2 rings (SSSR count). The minimum atomic E-state index is 0.432. The number of nitrogens with zero attached hydrogens (tertiary/aromatic N) is 2. The van der Waals surface area contributed by atoms with Gasteiger partial charge in [-0.25, -0.2) is 10.4 Å². The van der Waals surface area contributed by atoms with Crippen molar-refractivity contribution in [2.75, 3.05) is 26.2 Å². The van der Waals surface area contributed by atoms with Crippen LogP contribution in [0.25, 0.3) is 0 Å². The Balaban J connectivity index is 1.85. The molecule has 0 saturated carbocycles. The molecule has 0 aromatic rings. The average molecular weight is 169 g/mol. The Kier molecular flexibility index (Phi) is 2.39. The second-order valence-corrected chi connectivity index (χ2v) is 3.51. The molecule has 1 N–H and O–H groups in total. The molecule has 2 aliphatic rings. The molecule has 2 fully saturated rings. The van der Waals surface area contributed by atoms with Crippen LogP contribution in [0.3, 0.4) is 0 Å². The van der Waals surface area contributed by atoms with Crippen molar-refractivity contribution in [1.82, 2.24) is 15.6 Å². The van der Waals surface area contributed by atoms with Crippen molar-refractivity contribution in [3.63, 3.8) is 0 Å². The van der Waals surface area contributed by atoms with Gasteiger partial charge in [-0.3, -0.25) is 0 Å². The molecule has 2 saturated heterocycles. The number of hydrazine groups is 2. The van der Waals surface area contributed by atoms with Gasteiger partial charge in [0, 0.05) is 19.6 Å². The normalized spacial score (nSPS) is 35.3. The van der Waals surface area contributed by atoms with Crippen LogP contribution in [0.5, 0.6) is 0 Å². The summed E-state index contributed by atoms with van der Waals surface area (Å²) in [4.78, 5) is 10.1. The smallest absolute Gasteiger partial charge is 0.135 e. The van der Waals surface area contributed by atoms with E-state index in [1.165, 1.54) is 19.4 Å². The zero-order chi connectivity index (χ0) is 8.39. The maximum Gasteiger partial charge on any atom is 0.135 e. The molecule has 2 aliphatic heterocycles. The number of carbonyl (C=O) groups excluding carboxylic acids is 1. The summed E-state index contributed by atoms with van der Waals surface area (Å²) in [5.74, 6) is 0.902. The van der Waals surface area contributed by atoms with Crippen LogP contribution in [-0.2, 0) is 4.79 Å². The molecule has 2 unspecified atom stereocenters. The van der Waals surface area contributed by atoms with Crippen LogP contribution < -0.4 is 5.43 Å². The van der Waals surface area contributed by atoms with Gasteiger partial charge in [-0.1, -0.05) is 0 Å². The lowest BCUT2D eigenvalue weighted by Gasteiger charge is -2.35. The topological polar surface area (TPSA) is 35.6 Å². The Morgan fingerprint density at radius 1 is 1.42 bits per heavy atom. The molecular weight excluding hydrogens is 154 g/mol. The molecule has 12 heavy (non-hydrogen) atoms. The Labute approximate surface area is 72.5 Å². The molecule has 0 spiro atoms. The van der Waals surface area contributed by atoms with Crippen LogP contribution in [0.2, 0.25) is 0 Å². The van der Waals surface area contributed by atoms with Gasteiger partial charge in [0.2, 0.25) is 0 Å². The van der Waals surface area contributed by atoms with Gasteiger partial charge < -0.3 is 4.79 Å². The highest BCUT2D eigenvalue weighted by Crippen LogP contribution is 2.25. The second-order valence-electron chi connectivity index (χ2n) is 3.51. The van der Waals surface area contributed by atoms with Gasteiger partial charge in [-0.05, 0) is 18.8 Å². The molecule has 0 aliphatic carbocycles. The molecule has 0 aromatic heterocycles. The van der Waals surface area contributed by atoms with Crippen molar-refractivity contribution in [2.45, 2.75) is 12.8 Å². The van der Waals surface area contributed by atoms with Gasteiger partial charge in [0.1, 0.15) is 6.29 Å². The molecule has 4 nitrogen and oxygen atoms in total. The summed E-state index contributed by atoms with van der Waals surface area (Å²) < 4.78 is 0. The van der Waals surface area contributed by atoms with E-state index in [0.29, 0.717) is 6.54 Å². The van der Waals surface area contributed by atoms with E-state index in [1.807, 2.05) is 0 Å². The molecule has 0 aromatic carbocycles. The van der Waals surface area contributed by atoms with E-state index in [4.69, 9.17) is 0 Å². The van der Waals surface area contributed by atoms with E-state index in [-0.39, 0.29) is 0 Å². The van der Waals surface area contributed by atoms with Crippen molar-refractivity contribution in [2.24, 2.45) is 5.92 Å². The van der Waals surface area contributed by atoms with Crippen molar-refractivity contribution in [1.29, 1.82) is 0 Å². The third kappa shape index (κ3) is 1.50. The lowest BCUT2D eigenvalue weighted by Crippen LogP contribution is -2.53. The maximum absolute atomic E-state index is 10.1. The number of nitrogens with one attached hydrogen (secondary N) is 1. The van der Waals surface area contributed by atoms with Crippen LogP contribution >= 0.6 is 0 Å². The van der Waals surface area contributed by atoms with Gasteiger partial charge in [-0.2, -0.15) is 5.12 Å². The van der Waals surface area contributed by atoms with Gasteiger partial charge in [0.05, 0.1) is 6.54 Å². The molecule has 2 bridgehead atoms. The van der Waals surface area contributed by atoms with E-state index in [9.17, 15) is 4.79 Å². The van der Waals surface area contributed by atoms with Crippen LogP contribution in [0.4, 0.5) is 0 Å². The molecule has 2 heterocycles. The summed E-state index contributed by atoms with van der Waals surface area (Å²) in [6.45, 7) is 3.81. The minimum absolute atomic E-state index is 0.432. The molecule has 0 radical (unpaired) electrons. The Bertz CT molecular complexity index is 174. The Hall–Kier alpha value is -0.450. The Morgan fingerprint density at radius 2 is 2.25 bits per heavy atom. The first-order valence-corrected chi connectivity index (χ1v) is 4.59. The second kappa shape index (κ2) is 3.51. The summed E-state index contributed by atoms with van der Waals surface area (Å²) in [5.41, 5.74) is 3.09. The van der Waals surface area contributed by atoms with Gasteiger partial charge in [0.25, 0.3) is 0 Å². The summed E-state index contributed by atoms with van der Waals surface area (Å²) >= 11 is 0.